The number of aromatic nitrogens is 2. The predicted octanol–water partition coefficient (Wildman–Crippen LogP) is 3.59. The first-order chi connectivity index (χ1) is 8.24. The fourth-order valence-corrected chi connectivity index (χ4v) is 2.47. The quantitative estimate of drug-likeness (QED) is 0.728. The Bertz CT molecular complexity index is 680. The number of hydrogen-bond donors (Lipinski definition) is 1. The van der Waals surface area contributed by atoms with E-state index in [1.54, 1.807) is 23.5 Å². The topological polar surface area (TPSA) is 51.8 Å². The van der Waals surface area contributed by atoms with Gasteiger partial charge in [0.1, 0.15) is 5.82 Å². The first-order valence-corrected chi connectivity index (χ1v) is 6.26. The molecule has 0 saturated carbocycles. The lowest BCUT2D eigenvalue weighted by Gasteiger charge is -2.04. The average Bonchev–Trinajstić information content (AvgIpc) is 2.83. The minimum absolute atomic E-state index is 0.459. The van der Waals surface area contributed by atoms with Crippen LogP contribution in [0.4, 0.5) is 5.82 Å². The van der Waals surface area contributed by atoms with Gasteiger partial charge in [-0.15, -0.1) is 11.3 Å². The van der Waals surface area contributed by atoms with Gasteiger partial charge in [-0.2, -0.15) is 0 Å². The van der Waals surface area contributed by atoms with Gasteiger partial charge < -0.3 is 5.73 Å². The van der Waals surface area contributed by atoms with Gasteiger partial charge in [0.25, 0.3) is 0 Å². The molecular formula is C12H8ClN3S. The number of thiophene rings is 1. The van der Waals surface area contributed by atoms with Crippen molar-refractivity contribution < 1.29 is 0 Å². The van der Waals surface area contributed by atoms with Crippen LogP contribution in [0, 0.1) is 0 Å². The second kappa shape index (κ2) is 3.98. The molecule has 3 aromatic rings. The van der Waals surface area contributed by atoms with E-state index in [2.05, 4.69) is 9.97 Å². The van der Waals surface area contributed by atoms with Crippen molar-refractivity contribution >= 4 is 39.7 Å². The van der Waals surface area contributed by atoms with E-state index in [-0.39, 0.29) is 0 Å². The molecule has 0 bridgehead atoms. The molecule has 0 aliphatic carbocycles. The third-order valence-corrected chi connectivity index (χ3v) is 3.53. The molecule has 1 aromatic carbocycles. The van der Waals surface area contributed by atoms with Gasteiger partial charge in [-0.25, -0.2) is 9.97 Å². The minimum Gasteiger partial charge on any atom is -0.383 e. The van der Waals surface area contributed by atoms with Gasteiger partial charge in [-0.05, 0) is 29.6 Å². The first-order valence-electron chi connectivity index (χ1n) is 5.01. The number of rotatable bonds is 1. The summed E-state index contributed by atoms with van der Waals surface area (Å²) in [5.74, 6) is 1.12. The van der Waals surface area contributed by atoms with Crippen LogP contribution >= 0.6 is 22.9 Å². The van der Waals surface area contributed by atoms with Gasteiger partial charge in [-0.1, -0.05) is 17.7 Å². The van der Waals surface area contributed by atoms with Crippen molar-refractivity contribution in [3.63, 3.8) is 0 Å². The van der Waals surface area contributed by atoms with Crippen molar-refractivity contribution in [1.29, 1.82) is 0 Å². The lowest BCUT2D eigenvalue weighted by Crippen LogP contribution is -1.96. The number of anilines is 1. The number of nitrogens with two attached hydrogens (primary N) is 1. The Balaban J connectivity index is 2.28. The second-order valence-corrected chi connectivity index (χ2v) is 4.96. The monoisotopic (exact) mass is 261 g/mol. The van der Waals surface area contributed by atoms with Crippen LogP contribution in [-0.4, -0.2) is 9.97 Å². The van der Waals surface area contributed by atoms with Crippen LogP contribution in [0.2, 0.25) is 5.02 Å². The minimum atomic E-state index is 0.459. The standard InChI is InChI=1S/C12H8ClN3S/c13-7-3-4-9-8(6-7)11(14)16-12(15-9)10-2-1-5-17-10/h1-6H,(H2,14,15,16). The summed E-state index contributed by atoms with van der Waals surface area (Å²) in [6.07, 6.45) is 0. The van der Waals surface area contributed by atoms with Gasteiger partial charge in [0.2, 0.25) is 0 Å². The van der Waals surface area contributed by atoms with Crippen LogP contribution in [-0.2, 0) is 0 Å². The second-order valence-electron chi connectivity index (χ2n) is 3.57. The zero-order chi connectivity index (χ0) is 11.8. The largest absolute Gasteiger partial charge is 0.383 e. The fraction of sp³-hybridized carbons (Fsp3) is 0. The summed E-state index contributed by atoms with van der Waals surface area (Å²) in [6.45, 7) is 0. The van der Waals surface area contributed by atoms with Gasteiger partial charge in [-0.3, -0.25) is 0 Å². The molecule has 0 unspecified atom stereocenters. The molecule has 2 heterocycles. The third kappa shape index (κ3) is 1.85. The average molecular weight is 262 g/mol. The molecule has 17 heavy (non-hydrogen) atoms. The molecule has 5 heteroatoms. The molecule has 0 amide bonds. The van der Waals surface area contributed by atoms with E-state index >= 15 is 0 Å². The summed E-state index contributed by atoms with van der Waals surface area (Å²) < 4.78 is 0. The predicted molar refractivity (Wildman–Crippen MR) is 72.3 cm³/mol. The molecule has 3 rings (SSSR count). The smallest absolute Gasteiger partial charge is 0.172 e. The highest BCUT2D eigenvalue weighted by molar-refractivity contribution is 7.13. The lowest BCUT2D eigenvalue weighted by molar-refractivity contribution is 1.25. The SMILES string of the molecule is Nc1nc(-c2cccs2)nc2ccc(Cl)cc12. The van der Waals surface area contributed by atoms with E-state index in [9.17, 15) is 0 Å². The Kier molecular flexibility index (Phi) is 2.46. The van der Waals surface area contributed by atoms with Gasteiger partial charge in [0.05, 0.1) is 10.4 Å². The zero-order valence-electron chi connectivity index (χ0n) is 8.72. The fourth-order valence-electron chi connectivity index (χ4n) is 1.64. The molecule has 2 aromatic heterocycles. The summed E-state index contributed by atoms with van der Waals surface area (Å²) in [6, 6.07) is 9.37. The summed E-state index contributed by atoms with van der Waals surface area (Å²) >= 11 is 7.51. The number of fused-ring (bicyclic) bond motifs is 1. The summed E-state index contributed by atoms with van der Waals surface area (Å²) in [7, 11) is 0. The molecule has 0 atom stereocenters. The molecule has 0 saturated heterocycles. The number of nitrogen functional groups attached to an aromatic ring is 1. The van der Waals surface area contributed by atoms with Crippen molar-refractivity contribution in [3.05, 3.63) is 40.7 Å². The Labute approximate surface area is 107 Å². The molecule has 0 radical (unpaired) electrons. The molecule has 2 N–H and O–H groups in total. The Hall–Kier alpha value is -1.65. The maximum atomic E-state index is 5.93. The maximum absolute atomic E-state index is 5.93. The normalized spacial score (nSPS) is 10.9. The molecule has 0 spiro atoms. The number of halogens is 1. The molecule has 0 aliphatic rings. The molecular weight excluding hydrogens is 254 g/mol. The van der Waals surface area contributed by atoms with Gasteiger partial charge >= 0.3 is 0 Å². The summed E-state index contributed by atoms with van der Waals surface area (Å²) in [5, 5.41) is 3.41. The van der Waals surface area contributed by atoms with E-state index < -0.39 is 0 Å². The maximum Gasteiger partial charge on any atom is 0.172 e. The van der Waals surface area contributed by atoms with E-state index in [1.165, 1.54) is 0 Å². The van der Waals surface area contributed by atoms with E-state index in [0.717, 1.165) is 15.8 Å². The number of benzene rings is 1. The van der Waals surface area contributed by atoms with Crippen LogP contribution in [0.15, 0.2) is 35.7 Å². The van der Waals surface area contributed by atoms with Crippen LogP contribution in [0.25, 0.3) is 21.6 Å². The number of nitrogens with zero attached hydrogens (tertiary/aromatic N) is 2. The van der Waals surface area contributed by atoms with Crippen molar-refractivity contribution in [3.8, 4) is 10.7 Å². The van der Waals surface area contributed by atoms with E-state index in [0.29, 0.717) is 16.7 Å². The molecule has 0 aliphatic heterocycles. The Morgan fingerprint density at radius 3 is 2.82 bits per heavy atom. The van der Waals surface area contributed by atoms with Crippen molar-refractivity contribution in [1.82, 2.24) is 9.97 Å². The zero-order valence-corrected chi connectivity index (χ0v) is 10.3. The number of hydrogen-bond acceptors (Lipinski definition) is 4. The molecule has 3 nitrogen and oxygen atoms in total. The van der Waals surface area contributed by atoms with Crippen LogP contribution < -0.4 is 5.73 Å². The van der Waals surface area contributed by atoms with Crippen molar-refractivity contribution in [2.75, 3.05) is 5.73 Å². The first kappa shape index (κ1) is 10.5. The highest BCUT2D eigenvalue weighted by Crippen LogP contribution is 2.27. The summed E-state index contributed by atoms with van der Waals surface area (Å²) in [4.78, 5) is 9.79. The van der Waals surface area contributed by atoms with Crippen LogP contribution in [0.1, 0.15) is 0 Å². The van der Waals surface area contributed by atoms with Crippen LogP contribution in [0.5, 0.6) is 0 Å². The molecule has 0 fully saturated rings. The van der Waals surface area contributed by atoms with Crippen LogP contribution in [0.3, 0.4) is 0 Å². The highest BCUT2D eigenvalue weighted by atomic mass is 35.5. The molecule has 84 valence electrons. The summed E-state index contributed by atoms with van der Waals surface area (Å²) in [5.41, 5.74) is 6.74. The Morgan fingerprint density at radius 1 is 1.18 bits per heavy atom. The van der Waals surface area contributed by atoms with Gasteiger partial charge in [0, 0.05) is 10.4 Å². The van der Waals surface area contributed by atoms with Crippen molar-refractivity contribution in [2.24, 2.45) is 0 Å². The van der Waals surface area contributed by atoms with Crippen molar-refractivity contribution in [2.45, 2.75) is 0 Å². The highest BCUT2D eigenvalue weighted by Gasteiger charge is 2.08. The van der Waals surface area contributed by atoms with Gasteiger partial charge in [0.15, 0.2) is 5.82 Å². The third-order valence-electron chi connectivity index (χ3n) is 2.43. The van der Waals surface area contributed by atoms with E-state index in [1.807, 2.05) is 23.6 Å². The van der Waals surface area contributed by atoms with E-state index in [4.69, 9.17) is 17.3 Å². The Morgan fingerprint density at radius 2 is 2.06 bits per heavy atom. The lowest BCUT2D eigenvalue weighted by atomic mass is 10.2.